The van der Waals surface area contributed by atoms with Crippen LogP contribution in [0.25, 0.3) is 0 Å². The number of carbonyl (C=O) groups is 3. The summed E-state index contributed by atoms with van der Waals surface area (Å²) in [6.07, 6.45) is 74.1. The fraction of sp³-hybridized carbons (Fsp3) is 0.694. The van der Waals surface area contributed by atoms with Gasteiger partial charge in [-0.05, 0) is 109 Å². The number of esters is 3. The maximum Gasteiger partial charge on any atom is 0.306 e. The third kappa shape index (κ3) is 53.3. The summed E-state index contributed by atoms with van der Waals surface area (Å²) in [5, 5.41) is 0. The van der Waals surface area contributed by atoms with E-state index in [0.29, 0.717) is 19.3 Å². The van der Waals surface area contributed by atoms with Crippen LogP contribution in [0.2, 0.25) is 0 Å². The molecule has 0 aliphatic carbocycles. The topological polar surface area (TPSA) is 78.9 Å². The predicted molar refractivity (Wildman–Crippen MR) is 293 cm³/mol. The molecule has 0 aromatic carbocycles. The summed E-state index contributed by atoms with van der Waals surface area (Å²) >= 11 is 0. The lowest BCUT2D eigenvalue weighted by Crippen LogP contribution is -2.30. The Labute approximate surface area is 419 Å². The Balaban J connectivity index is 4.36. The Kier molecular flexibility index (Phi) is 52.9. The summed E-state index contributed by atoms with van der Waals surface area (Å²) in [6.45, 7) is 6.40. The highest BCUT2D eigenvalue weighted by atomic mass is 16.6. The fourth-order valence-corrected chi connectivity index (χ4v) is 7.57. The molecule has 0 aromatic rings. The number of ether oxygens (including phenoxy) is 3. The predicted octanol–water partition coefficient (Wildman–Crippen LogP) is 18.9. The summed E-state index contributed by atoms with van der Waals surface area (Å²) in [7, 11) is 0. The van der Waals surface area contributed by atoms with E-state index in [2.05, 4.69) is 118 Å². The number of rotatable bonds is 50. The second-order valence-corrected chi connectivity index (χ2v) is 18.5. The van der Waals surface area contributed by atoms with Gasteiger partial charge in [-0.1, -0.05) is 227 Å². The Morgan fingerprint density at radius 1 is 0.309 bits per heavy atom. The molecule has 0 amide bonds. The van der Waals surface area contributed by atoms with Gasteiger partial charge in [-0.2, -0.15) is 0 Å². The van der Waals surface area contributed by atoms with Crippen molar-refractivity contribution >= 4 is 17.9 Å². The lowest BCUT2D eigenvalue weighted by molar-refractivity contribution is -0.167. The van der Waals surface area contributed by atoms with Crippen molar-refractivity contribution in [3.8, 4) is 0 Å². The van der Waals surface area contributed by atoms with Gasteiger partial charge in [0.05, 0.1) is 0 Å². The van der Waals surface area contributed by atoms with E-state index < -0.39 is 6.10 Å². The molecule has 0 radical (unpaired) electrons. The third-order valence-electron chi connectivity index (χ3n) is 11.8. The molecule has 0 aliphatic heterocycles. The molecule has 1 unspecified atom stereocenters. The molecule has 0 N–H and O–H groups in total. The van der Waals surface area contributed by atoms with Crippen molar-refractivity contribution in [3.05, 3.63) is 97.2 Å². The molecule has 68 heavy (non-hydrogen) atoms. The van der Waals surface area contributed by atoms with E-state index >= 15 is 0 Å². The van der Waals surface area contributed by atoms with E-state index in [1.165, 1.54) is 109 Å². The number of hydrogen-bond donors (Lipinski definition) is 0. The smallest absolute Gasteiger partial charge is 0.306 e. The summed E-state index contributed by atoms with van der Waals surface area (Å²) < 4.78 is 16.8. The maximum absolute atomic E-state index is 12.8. The molecular weight excluding hydrogens is 841 g/mol. The first-order valence-corrected chi connectivity index (χ1v) is 28.2. The molecule has 0 fully saturated rings. The average Bonchev–Trinajstić information content (AvgIpc) is 3.34. The summed E-state index contributed by atoms with van der Waals surface area (Å²) in [5.41, 5.74) is 0. The van der Waals surface area contributed by atoms with E-state index in [4.69, 9.17) is 14.2 Å². The second kappa shape index (κ2) is 55.9. The van der Waals surface area contributed by atoms with Gasteiger partial charge in [-0.25, -0.2) is 0 Å². The molecule has 388 valence electrons. The monoisotopic (exact) mass is 945 g/mol. The van der Waals surface area contributed by atoms with Gasteiger partial charge in [0.25, 0.3) is 0 Å². The Bertz CT molecular complexity index is 1360. The van der Waals surface area contributed by atoms with Crippen LogP contribution in [0.15, 0.2) is 97.2 Å². The van der Waals surface area contributed by atoms with Crippen molar-refractivity contribution < 1.29 is 28.6 Å². The third-order valence-corrected chi connectivity index (χ3v) is 11.8. The van der Waals surface area contributed by atoms with Crippen molar-refractivity contribution in [1.82, 2.24) is 0 Å². The van der Waals surface area contributed by atoms with E-state index in [-0.39, 0.29) is 37.5 Å². The lowest BCUT2D eigenvalue weighted by atomic mass is 10.0. The first-order valence-electron chi connectivity index (χ1n) is 28.2. The highest BCUT2D eigenvalue weighted by Gasteiger charge is 2.19. The maximum atomic E-state index is 12.8. The van der Waals surface area contributed by atoms with Gasteiger partial charge < -0.3 is 14.2 Å². The molecule has 0 spiro atoms. The zero-order valence-electron chi connectivity index (χ0n) is 44.3. The Hall–Kier alpha value is -3.67. The molecule has 0 saturated carbocycles. The molecule has 0 aromatic heterocycles. The molecule has 0 saturated heterocycles. The molecule has 0 aliphatic rings. The molecule has 6 nitrogen and oxygen atoms in total. The minimum absolute atomic E-state index is 0.104. The van der Waals surface area contributed by atoms with Crippen molar-refractivity contribution in [2.45, 2.75) is 264 Å². The summed E-state index contributed by atoms with van der Waals surface area (Å²) in [6, 6.07) is 0. The highest BCUT2D eigenvalue weighted by molar-refractivity contribution is 5.71. The van der Waals surface area contributed by atoms with Crippen LogP contribution in [0.4, 0.5) is 0 Å². The van der Waals surface area contributed by atoms with Crippen molar-refractivity contribution in [2.24, 2.45) is 0 Å². The highest BCUT2D eigenvalue weighted by Crippen LogP contribution is 2.15. The quantitative estimate of drug-likeness (QED) is 0.0262. The minimum Gasteiger partial charge on any atom is -0.462 e. The molecule has 0 rings (SSSR count). The number of carbonyl (C=O) groups excluding carboxylic acids is 3. The van der Waals surface area contributed by atoms with E-state index in [0.717, 1.165) is 103 Å². The number of allylic oxidation sites excluding steroid dienone is 16. The molecule has 6 heteroatoms. The van der Waals surface area contributed by atoms with Crippen LogP contribution in [0.3, 0.4) is 0 Å². The van der Waals surface area contributed by atoms with Crippen molar-refractivity contribution in [1.29, 1.82) is 0 Å². The first-order chi connectivity index (χ1) is 33.5. The summed E-state index contributed by atoms with van der Waals surface area (Å²) in [4.78, 5) is 38.0. The van der Waals surface area contributed by atoms with E-state index in [1.807, 2.05) is 0 Å². The van der Waals surface area contributed by atoms with E-state index in [1.54, 1.807) is 0 Å². The molecule has 1 atom stereocenters. The Morgan fingerprint density at radius 2 is 0.618 bits per heavy atom. The van der Waals surface area contributed by atoms with Crippen LogP contribution in [-0.4, -0.2) is 37.2 Å². The standard InChI is InChI=1S/C62H104O6/c1-4-7-10-13-16-19-22-24-26-28-29-30-31-32-33-35-36-38-40-43-46-49-52-55-61(64)67-58-59(57-66-60(63)54-51-48-45-42-21-18-15-12-9-6-3)68-62(65)56-53-50-47-44-41-39-37-34-27-25-23-20-17-14-11-8-5-2/h8,11-12,15,17,20,22,24-25,27-29,37,39,44,47,59H,4-7,9-10,13-14,16,18-19,21,23,26,30-36,38,40-43,45-46,48-58H2,1-3H3/b11-8-,15-12-,20-17-,24-22-,27-25-,29-28-,39-37-,47-44-. The average molecular weight is 946 g/mol. The second-order valence-electron chi connectivity index (χ2n) is 18.5. The largest absolute Gasteiger partial charge is 0.462 e. The van der Waals surface area contributed by atoms with Crippen LogP contribution in [0.5, 0.6) is 0 Å². The fourth-order valence-electron chi connectivity index (χ4n) is 7.57. The van der Waals surface area contributed by atoms with Crippen LogP contribution in [0.1, 0.15) is 258 Å². The van der Waals surface area contributed by atoms with Gasteiger partial charge in [-0.3, -0.25) is 14.4 Å². The normalized spacial score (nSPS) is 12.8. The zero-order valence-corrected chi connectivity index (χ0v) is 44.3. The van der Waals surface area contributed by atoms with Crippen LogP contribution in [-0.2, 0) is 28.6 Å². The SMILES string of the molecule is CC/C=C\C/C=C\C/C=C\C/C=C\C/C=C\CCCC(=O)OC(COC(=O)CCCCCCC/C=C\CCC)COC(=O)CCCCCCCCCCCCC/C=C\C/C=C\CCCCCCC. The molecular formula is C62H104O6. The van der Waals surface area contributed by atoms with Gasteiger partial charge in [0.1, 0.15) is 13.2 Å². The lowest BCUT2D eigenvalue weighted by Gasteiger charge is -2.18. The van der Waals surface area contributed by atoms with Crippen LogP contribution >= 0.6 is 0 Å². The van der Waals surface area contributed by atoms with Gasteiger partial charge in [-0.15, -0.1) is 0 Å². The van der Waals surface area contributed by atoms with Gasteiger partial charge in [0.15, 0.2) is 6.10 Å². The molecule has 0 bridgehead atoms. The molecule has 0 heterocycles. The van der Waals surface area contributed by atoms with E-state index in [9.17, 15) is 14.4 Å². The first kappa shape index (κ1) is 64.3. The Morgan fingerprint density at radius 3 is 1.01 bits per heavy atom. The van der Waals surface area contributed by atoms with Crippen LogP contribution in [0, 0.1) is 0 Å². The van der Waals surface area contributed by atoms with Gasteiger partial charge in [0, 0.05) is 19.3 Å². The van der Waals surface area contributed by atoms with Crippen LogP contribution < -0.4 is 0 Å². The van der Waals surface area contributed by atoms with Crippen molar-refractivity contribution in [3.63, 3.8) is 0 Å². The van der Waals surface area contributed by atoms with Gasteiger partial charge >= 0.3 is 17.9 Å². The summed E-state index contributed by atoms with van der Waals surface area (Å²) in [5.74, 6) is -0.976. The van der Waals surface area contributed by atoms with Crippen molar-refractivity contribution in [2.75, 3.05) is 13.2 Å². The minimum atomic E-state index is -0.811. The number of unbranched alkanes of at least 4 members (excludes halogenated alkanes) is 23. The number of hydrogen-bond acceptors (Lipinski definition) is 6. The zero-order chi connectivity index (χ0) is 49.3. The van der Waals surface area contributed by atoms with Gasteiger partial charge in [0.2, 0.25) is 0 Å².